The molecule has 0 bridgehead atoms. The molecule has 1 fully saturated rings. The van der Waals surface area contributed by atoms with Crippen LogP contribution in [0.3, 0.4) is 0 Å². The number of alkyl halides is 3. The SMILES string of the molecule is Cc1nc2c(N3CCCC3)cccc2c(-c2ccccc2)c1C(=O)C(F)(F)F. The van der Waals surface area contributed by atoms with Crippen LogP contribution in [0.25, 0.3) is 22.0 Å². The van der Waals surface area contributed by atoms with Crippen molar-refractivity contribution in [2.45, 2.75) is 25.9 Å². The molecule has 4 rings (SSSR count). The van der Waals surface area contributed by atoms with E-state index in [4.69, 9.17) is 0 Å². The summed E-state index contributed by atoms with van der Waals surface area (Å²) >= 11 is 0. The quantitative estimate of drug-likeness (QED) is 0.555. The van der Waals surface area contributed by atoms with Crippen molar-refractivity contribution in [3.05, 3.63) is 59.8 Å². The van der Waals surface area contributed by atoms with Gasteiger partial charge in [0.15, 0.2) is 0 Å². The van der Waals surface area contributed by atoms with Crippen molar-refractivity contribution >= 4 is 22.4 Å². The van der Waals surface area contributed by atoms with Crippen LogP contribution in [0.5, 0.6) is 0 Å². The molecule has 1 saturated heterocycles. The summed E-state index contributed by atoms with van der Waals surface area (Å²) in [5.74, 6) is -1.86. The zero-order valence-corrected chi connectivity index (χ0v) is 15.4. The molecule has 144 valence electrons. The molecular weight excluding hydrogens is 365 g/mol. The number of hydrogen-bond acceptors (Lipinski definition) is 3. The monoisotopic (exact) mass is 384 g/mol. The maximum atomic E-state index is 13.4. The van der Waals surface area contributed by atoms with Crippen molar-refractivity contribution in [1.82, 2.24) is 4.98 Å². The maximum Gasteiger partial charge on any atom is 0.454 e. The van der Waals surface area contributed by atoms with Crippen LogP contribution in [-0.2, 0) is 0 Å². The number of carbonyl (C=O) groups is 1. The lowest BCUT2D eigenvalue weighted by molar-refractivity contribution is -0.0885. The highest BCUT2D eigenvalue weighted by molar-refractivity contribution is 6.14. The predicted molar refractivity (Wildman–Crippen MR) is 104 cm³/mol. The number of Topliss-reactive ketones (excluding diaryl/α,β-unsaturated/α-hetero) is 1. The van der Waals surface area contributed by atoms with E-state index in [0.717, 1.165) is 31.6 Å². The molecule has 2 heterocycles. The summed E-state index contributed by atoms with van der Waals surface area (Å²) in [5.41, 5.74) is 2.14. The Balaban J connectivity index is 2.07. The number of aryl methyl sites for hydroxylation is 1. The minimum absolute atomic E-state index is 0.0975. The minimum Gasteiger partial charge on any atom is -0.370 e. The smallest absolute Gasteiger partial charge is 0.370 e. The summed E-state index contributed by atoms with van der Waals surface area (Å²) in [6.07, 6.45) is -2.81. The van der Waals surface area contributed by atoms with Gasteiger partial charge in [-0.05, 0) is 31.4 Å². The number of anilines is 1. The Kier molecular flexibility index (Phi) is 4.57. The first-order valence-corrected chi connectivity index (χ1v) is 9.23. The van der Waals surface area contributed by atoms with Gasteiger partial charge in [-0.25, -0.2) is 0 Å². The van der Waals surface area contributed by atoms with Crippen LogP contribution in [-0.4, -0.2) is 30.0 Å². The Morgan fingerprint density at radius 3 is 2.32 bits per heavy atom. The van der Waals surface area contributed by atoms with Crippen molar-refractivity contribution < 1.29 is 18.0 Å². The third kappa shape index (κ3) is 3.13. The van der Waals surface area contributed by atoms with Gasteiger partial charge in [-0.3, -0.25) is 9.78 Å². The van der Waals surface area contributed by atoms with Crippen molar-refractivity contribution in [1.29, 1.82) is 0 Å². The number of nitrogens with zero attached hydrogens (tertiary/aromatic N) is 2. The highest BCUT2D eigenvalue weighted by Gasteiger charge is 2.42. The number of pyridine rings is 1. The van der Waals surface area contributed by atoms with E-state index in [-0.39, 0.29) is 11.3 Å². The number of aromatic nitrogens is 1. The average Bonchev–Trinajstić information content (AvgIpc) is 3.20. The van der Waals surface area contributed by atoms with E-state index in [1.54, 1.807) is 36.4 Å². The van der Waals surface area contributed by atoms with Gasteiger partial charge < -0.3 is 4.90 Å². The first-order valence-electron chi connectivity index (χ1n) is 9.23. The van der Waals surface area contributed by atoms with E-state index in [1.165, 1.54) is 6.92 Å². The number of ketones is 1. The first kappa shape index (κ1) is 18.5. The Morgan fingerprint density at radius 1 is 1.00 bits per heavy atom. The second kappa shape index (κ2) is 6.93. The van der Waals surface area contributed by atoms with Crippen molar-refractivity contribution in [3.63, 3.8) is 0 Å². The van der Waals surface area contributed by atoms with Gasteiger partial charge in [0.05, 0.1) is 16.8 Å². The van der Waals surface area contributed by atoms with Crippen LogP contribution in [0.15, 0.2) is 48.5 Å². The van der Waals surface area contributed by atoms with Crippen molar-refractivity contribution in [2.75, 3.05) is 18.0 Å². The van der Waals surface area contributed by atoms with E-state index in [2.05, 4.69) is 9.88 Å². The number of carbonyl (C=O) groups excluding carboxylic acids is 1. The molecule has 0 radical (unpaired) electrons. The number of hydrogen-bond donors (Lipinski definition) is 0. The molecule has 3 aromatic rings. The number of halogens is 3. The van der Waals surface area contributed by atoms with Crippen LogP contribution < -0.4 is 4.90 Å². The lowest BCUT2D eigenvalue weighted by Gasteiger charge is -2.22. The Hall–Kier alpha value is -2.89. The van der Waals surface area contributed by atoms with Crippen molar-refractivity contribution in [3.8, 4) is 11.1 Å². The van der Waals surface area contributed by atoms with Gasteiger partial charge in [0.1, 0.15) is 0 Å². The highest BCUT2D eigenvalue weighted by atomic mass is 19.4. The van der Waals surface area contributed by atoms with E-state index < -0.39 is 12.0 Å². The van der Waals surface area contributed by atoms with Gasteiger partial charge >= 0.3 is 6.18 Å². The Morgan fingerprint density at radius 2 is 1.68 bits per heavy atom. The van der Waals surface area contributed by atoms with E-state index in [9.17, 15) is 18.0 Å². The fraction of sp³-hybridized carbons (Fsp3) is 0.273. The molecule has 0 atom stereocenters. The molecule has 1 aliphatic heterocycles. The third-order valence-electron chi connectivity index (χ3n) is 5.17. The normalized spacial score (nSPS) is 14.6. The maximum absolute atomic E-state index is 13.4. The molecule has 0 spiro atoms. The first-order chi connectivity index (χ1) is 13.4. The fourth-order valence-corrected chi connectivity index (χ4v) is 3.93. The van der Waals surface area contributed by atoms with Crippen molar-refractivity contribution in [2.24, 2.45) is 0 Å². The summed E-state index contributed by atoms with van der Waals surface area (Å²) in [6, 6.07) is 14.3. The zero-order valence-electron chi connectivity index (χ0n) is 15.4. The molecule has 2 aromatic carbocycles. The third-order valence-corrected chi connectivity index (χ3v) is 5.17. The molecule has 28 heavy (non-hydrogen) atoms. The van der Waals surface area contributed by atoms with Gasteiger partial charge in [0, 0.05) is 29.7 Å². The summed E-state index contributed by atoms with van der Waals surface area (Å²) in [4.78, 5) is 19.0. The fourth-order valence-electron chi connectivity index (χ4n) is 3.93. The molecule has 0 amide bonds. The van der Waals surface area contributed by atoms with Gasteiger partial charge in [-0.1, -0.05) is 42.5 Å². The van der Waals surface area contributed by atoms with Gasteiger partial charge in [-0.2, -0.15) is 13.2 Å². The number of fused-ring (bicyclic) bond motifs is 1. The minimum atomic E-state index is -4.96. The molecule has 3 nitrogen and oxygen atoms in total. The average molecular weight is 384 g/mol. The molecule has 0 unspecified atom stereocenters. The summed E-state index contributed by atoms with van der Waals surface area (Å²) < 4.78 is 40.1. The Labute approximate surface area is 160 Å². The van der Waals surface area contributed by atoms with Crippen LogP contribution in [0.1, 0.15) is 28.9 Å². The Bertz CT molecular complexity index is 1040. The number of para-hydroxylation sites is 1. The molecule has 0 saturated carbocycles. The molecule has 1 aliphatic rings. The summed E-state index contributed by atoms with van der Waals surface area (Å²) in [7, 11) is 0. The van der Waals surface area contributed by atoms with Gasteiger partial charge in [0.25, 0.3) is 5.78 Å². The summed E-state index contributed by atoms with van der Waals surface area (Å²) in [6.45, 7) is 3.26. The topological polar surface area (TPSA) is 33.2 Å². The van der Waals surface area contributed by atoms with E-state index >= 15 is 0 Å². The standard InChI is InChI=1S/C22H19F3N2O/c1-14-18(21(28)22(23,24)25)19(15-8-3-2-4-9-15)16-10-7-11-17(20(16)26-14)27-12-5-6-13-27/h2-4,7-11H,5-6,12-13H2,1H3. The van der Waals surface area contributed by atoms with Crippen LogP contribution in [0, 0.1) is 6.92 Å². The number of rotatable bonds is 3. The largest absolute Gasteiger partial charge is 0.454 e. The van der Waals surface area contributed by atoms with E-state index in [1.807, 2.05) is 12.1 Å². The summed E-state index contributed by atoms with van der Waals surface area (Å²) in [5, 5.41) is 0.564. The second-order valence-corrected chi connectivity index (χ2v) is 7.01. The lowest BCUT2D eigenvalue weighted by Crippen LogP contribution is -2.25. The second-order valence-electron chi connectivity index (χ2n) is 7.01. The molecule has 1 aromatic heterocycles. The van der Waals surface area contributed by atoms with Gasteiger partial charge in [0.2, 0.25) is 0 Å². The highest BCUT2D eigenvalue weighted by Crippen LogP contribution is 2.39. The molecule has 0 aliphatic carbocycles. The zero-order chi connectivity index (χ0) is 19.9. The molecular formula is C22H19F3N2O. The van der Waals surface area contributed by atoms with Gasteiger partial charge in [-0.15, -0.1) is 0 Å². The van der Waals surface area contributed by atoms with Crippen LogP contribution >= 0.6 is 0 Å². The molecule has 0 N–H and O–H groups in total. The van der Waals surface area contributed by atoms with Crippen LogP contribution in [0.2, 0.25) is 0 Å². The lowest BCUT2D eigenvalue weighted by atomic mass is 9.91. The predicted octanol–water partition coefficient (Wildman–Crippen LogP) is 5.56. The molecule has 6 heteroatoms. The van der Waals surface area contributed by atoms with Crippen LogP contribution in [0.4, 0.5) is 18.9 Å². The van der Waals surface area contributed by atoms with E-state index in [0.29, 0.717) is 22.0 Å². The number of benzene rings is 2.